The van der Waals surface area contributed by atoms with Crippen LogP contribution in [0.5, 0.6) is 0 Å². The van der Waals surface area contributed by atoms with E-state index in [-0.39, 0.29) is 0 Å². The summed E-state index contributed by atoms with van der Waals surface area (Å²) in [5, 5.41) is 10.3. The molecule has 4 nitrogen and oxygen atoms in total. The molecular weight excluding hydrogens is 280 g/mol. The van der Waals surface area contributed by atoms with Gasteiger partial charge in [0.15, 0.2) is 0 Å². The first-order valence-corrected chi connectivity index (χ1v) is 9.19. The number of unbranched alkanes of at least 4 members (excludes halogenated alkanes) is 1. The van der Waals surface area contributed by atoms with Crippen LogP contribution in [0.4, 0.5) is 0 Å². The maximum absolute atomic E-state index is 12.5. The first-order valence-electron chi connectivity index (χ1n) is 9.19. The molecule has 4 fully saturated rings. The first-order chi connectivity index (χ1) is 10.6. The molecule has 22 heavy (non-hydrogen) atoms. The van der Waals surface area contributed by atoms with Crippen LogP contribution < -0.4 is 0 Å². The Kier molecular flexibility index (Phi) is 3.73. The smallest absolute Gasteiger partial charge is 0.310 e. The van der Waals surface area contributed by atoms with E-state index in [4.69, 9.17) is 9.47 Å². The van der Waals surface area contributed by atoms with Gasteiger partial charge in [-0.2, -0.15) is 0 Å². The number of fused-ring (bicyclic) bond motifs is 2. The highest BCUT2D eigenvalue weighted by atomic mass is 16.6. The van der Waals surface area contributed by atoms with Crippen LogP contribution in [0.25, 0.3) is 0 Å². The zero-order valence-electron chi connectivity index (χ0n) is 13.5. The lowest BCUT2D eigenvalue weighted by Crippen LogP contribution is -2.48. The quantitative estimate of drug-likeness (QED) is 0.764. The highest BCUT2D eigenvalue weighted by Gasteiger charge is 2.59. The minimum Gasteiger partial charge on any atom is -0.481 e. The molecule has 0 amide bonds. The molecule has 1 N–H and O–H groups in total. The Morgan fingerprint density at radius 2 is 1.55 bits per heavy atom. The van der Waals surface area contributed by atoms with E-state index in [1.807, 2.05) is 0 Å². The molecule has 2 aliphatic carbocycles. The monoisotopic (exact) mass is 308 g/mol. The number of hydrogen-bond donors (Lipinski definition) is 1. The van der Waals surface area contributed by atoms with Gasteiger partial charge in [-0.3, -0.25) is 4.79 Å². The van der Waals surface area contributed by atoms with Crippen LogP contribution in [0.2, 0.25) is 0 Å². The number of epoxide rings is 2. The van der Waals surface area contributed by atoms with Gasteiger partial charge in [0.1, 0.15) is 0 Å². The van der Waals surface area contributed by atoms with E-state index in [1.54, 1.807) is 0 Å². The normalized spacial score (nSPS) is 45.3. The molecule has 0 spiro atoms. The fourth-order valence-corrected chi connectivity index (χ4v) is 5.41. The number of carbonyl (C=O) groups is 1. The van der Waals surface area contributed by atoms with Crippen molar-refractivity contribution in [1.82, 2.24) is 0 Å². The molecule has 2 heterocycles. The highest BCUT2D eigenvalue weighted by molar-refractivity contribution is 5.75. The topological polar surface area (TPSA) is 62.4 Å². The minimum atomic E-state index is -0.547. The molecule has 0 aromatic rings. The van der Waals surface area contributed by atoms with Gasteiger partial charge in [-0.1, -0.05) is 19.8 Å². The van der Waals surface area contributed by atoms with Crippen molar-refractivity contribution < 1.29 is 19.4 Å². The molecule has 4 heteroatoms. The van der Waals surface area contributed by atoms with Gasteiger partial charge in [0, 0.05) is 0 Å². The van der Waals surface area contributed by atoms with Gasteiger partial charge in [0.25, 0.3) is 0 Å². The molecule has 4 aliphatic rings. The fraction of sp³-hybridized carbons (Fsp3) is 0.944. The Hall–Kier alpha value is -0.610. The van der Waals surface area contributed by atoms with Crippen LogP contribution in [0, 0.1) is 17.3 Å². The Balaban J connectivity index is 1.59. The third kappa shape index (κ3) is 2.39. The summed E-state index contributed by atoms with van der Waals surface area (Å²) in [4.78, 5) is 12.5. The fourth-order valence-electron chi connectivity index (χ4n) is 5.41. The molecule has 2 saturated heterocycles. The molecule has 0 aromatic carbocycles. The van der Waals surface area contributed by atoms with Crippen molar-refractivity contribution in [2.45, 2.75) is 89.1 Å². The number of rotatable bonds is 6. The van der Waals surface area contributed by atoms with Gasteiger partial charge in [0.2, 0.25) is 0 Å². The van der Waals surface area contributed by atoms with Gasteiger partial charge < -0.3 is 14.6 Å². The molecule has 2 aliphatic heterocycles. The van der Waals surface area contributed by atoms with Crippen molar-refractivity contribution in [2.24, 2.45) is 17.3 Å². The van der Waals surface area contributed by atoms with Crippen LogP contribution >= 0.6 is 0 Å². The largest absolute Gasteiger partial charge is 0.481 e. The van der Waals surface area contributed by atoms with Crippen molar-refractivity contribution in [3.8, 4) is 0 Å². The SMILES string of the molecule is CCCCC(C(=O)O)(C1CCC2OC2C1)C1CCC2OC2C1. The summed E-state index contributed by atoms with van der Waals surface area (Å²) >= 11 is 0. The van der Waals surface area contributed by atoms with Gasteiger partial charge in [0.05, 0.1) is 29.8 Å². The summed E-state index contributed by atoms with van der Waals surface area (Å²) < 4.78 is 11.4. The van der Waals surface area contributed by atoms with E-state index in [1.165, 1.54) is 0 Å². The molecular formula is C18H28O4. The zero-order chi connectivity index (χ0) is 15.3. The molecule has 2 saturated carbocycles. The second kappa shape index (κ2) is 5.48. The van der Waals surface area contributed by atoms with Crippen molar-refractivity contribution in [2.75, 3.05) is 0 Å². The molecule has 6 atom stereocenters. The number of aliphatic carboxylic acids is 1. The van der Waals surface area contributed by atoms with Crippen molar-refractivity contribution in [1.29, 1.82) is 0 Å². The molecule has 0 radical (unpaired) electrons. The molecule has 0 aromatic heterocycles. The third-order valence-corrected chi connectivity index (χ3v) is 6.81. The Labute approximate surface area is 132 Å². The van der Waals surface area contributed by atoms with Crippen LogP contribution in [-0.4, -0.2) is 35.5 Å². The van der Waals surface area contributed by atoms with E-state index < -0.39 is 11.4 Å². The number of ether oxygens (including phenoxy) is 2. The number of carboxylic acids is 1. The lowest BCUT2D eigenvalue weighted by Gasteiger charge is -2.45. The van der Waals surface area contributed by atoms with E-state index >= 15 is 0 Å². The summed E-state index contributed by atoms with van der Waals surface area (Å²) in [6, 6.07) is 0. The maximum atomic E-state index is 12.5. The van der Waals surface area contributed by atoms with Gasteiger partial charge >= 0.3 is 5.97 Å². The van der Waals surface area contributed by atoms with E-state index in [0.717, 1.165) is 57.8 Å². The van der Waals surface area contributed by atoms with Crippen LogP contribution in [0.15, 0.2) is 0 Å². The summed E-state index contributed by atoms with van der Waals surface area (Å²) in [5.41, 5.74) is -0.538. The zero-order valence-corrected chi connectivity index (χ0v) is 13.5. The van der Waals surface area contributed by atoms with Crippen LogP contribution in [-0.2, 0) is 14.3 Å². The van der Waals surface area contributed by atoms with Gasteiger partial charge in [-0.15, -0.1) is 0 Å². The van der Waals surface area contributed by atoms with Gasteiger partial charge in [-0.25, -0.2) is 0 Å². The first kappa shape index (κ1) is 14.9. The van der Waals surface area contributed by atoms with E-state index in [2.05, 4.69) is 6.92 Å². The minimum absolute atomic E-state index is 0.292. The maximum Gasteiger partial charge on any atom is 0.310 e. The van der Waals surface area contributed by atoms with E-state index in [9.17, 15) is 9.90 Å². The molecule has 0 bridgehead atoms. The summed E-state index contributed by atoms with van der Waals surface area (Å²) in [5.74, 6) is 0.0374. The summed E-state index contributed by atoms with van der Waals surface area (Å²) in [7, 11) is 0. The van der Waals surface area contributed by atoms with Crippen molar-refractivity contribution in [3.63, 3.8) is 0 Å². The average Bonchev–Trinajstić information content (AvgIpc) is 3.40. The summed E-state index contributed by atoms with van der Waals surface area (Å²) in [6.07, 6.45) is 10.6. The lowest BCUT2D eigenvalue weighted by molar-refractivity contribution is -0.161. The Morgan fingerprint density at radius 1 is 1.00 bits per heavy atom. The second-order valence-corrected chi connectivity index (χ2v) is 7.89. The predicted molar refractivity (Wildman–Crippen MR) is 81.6 cm³/mol. The average molecular weight is 308 g/mol. The molecule has 4 rings (SSSR count). The standard InChI is InChI=1S/C18H28O4/c1-2-3-8-18(17(19)20,11-4-6-13-15(9-11)21-13)12-5-7-14-16(10-12)22-14/h11-16H,2-10H2,1H3,(H,19,20). The van der Waals surface area contributed by atoms with Gasteiger partial charge in [-0.05, 0) is 56.8 Å². The number of hydrogen-bond acceptors (Lipinski definition) is 3. The highest BCUT2D eigenvalue weighted by Crippen LogP contribution is 2.56. The van der Waals surface area contributed by atoms with Crippen LogP contribution in [0.3, 0.4) is 0 Å². The Bertz CT molecular complexity index is 420. The molecule has 124 valence electrons. The molecule has 6 unspecified atom stereocenters. The van der Waals surface area contributed by atoms with Crippen molar-refractivity contribution in [3.05, 3.63) is 0 Å². The lowest BCUT2D eigenvalue weighted by atomic mass is 9.57. The predicted octanol–water partition coefficient (Wildman–Crippen LogP) is 3.38. The second-order valence-electron chi connectivity index (χ2n) is 7.89. The summed E-state index contributed by atoms with van der Waals surface area (Å²) in [6.45, 7) is 2.16. The van der Waals surface area contributed by atoms with Crippen molar-refractivity contribution >= 4 is 5.97 Å². The third-order valence-electron chi connectivity index (χ3n) is 6.81. The Morgan fingerprint density at radius 3 is 1.95 bits per heavy atom. The van der Waals surface area contributed by atoms with E-state index in [0.29, 0.717) is 36.3 Å². The number of carboxylic acid groups (broad SMARTS) is 1. The van der Waals surface area contributed by atoms with Crippen LogP contribution in [0.1, 0.15) is 64.7 Å².